The number of nitrogens with zero attached hydrogens (tertiary/aromatic N) is 6. The molecule has 0 heterocycles. The summed E-state index contributed by atoms with van der Waals surface area (Å²) in [4.78, 5) is 24.2. The summed E-state index contributed by atoms with van der Waals surface area (Å²) in [6, 6.07) is 0. The molecule has 8 nitrogen and oxygen atoms in total. The van der Waals surface area contributed by atoms with Gasteiger partial charge in [-0.3, -0.25) is 9.59 Å². The molecule has 0 aromatic rings. The quantitative estimate of drug-likeness (QED) is 0.563. The number of amides is 2. The number of hydrogen-bond donors (Lipinski definition) is 0. The van der Waals surface area contributed by atoms with Gasteiger partial charge in [0, 0.05) is 78.0 Å². The van der Waals surface area contributed by atoms with Crippen LogP contribution in [0.25, 0.3) is 0 Å². The molecule has 0 radical (unpaired) electrons. The molecule has 20 heavy (non-hydrogen) atoms. The molecular weight excluding hydrogens is 300 g/mol. The average molecular weight is 324 g/mol. The highest BCUT2D eigenvalue weighted by Crippen LogP contribution is 2.28. The maximum atomic E-state index is 12.1. The van der Waals surface area contributed by atoms with Crippen molar-refractivity contribution in [1.29, 1.82) is 0 Å². The monoisotopic (exact) mass is 324 g/mol. The first kappa shape index (κ1) is 19.5. The van der Waals surface area contributed by atoms with Crippen molar-refractivity contribution in [3.8, 4) is 0 Å². The molecule has 0 aliphatic heterocycles. The summed E-state index contributed by atoms with van der Waals surface area (Å²) in [5.74, 6) is 0. The molecule has 10 heteroatoms. The van der Waals surface area contributed by atoms with Crippen LogP contribution >= 0.6 is 21.6 Å². The number of hydrazine groups is 4. The Balaban J connectivity index is 4.61. The van der Waals surface area contributed by atoms with E-state index in [0.717, 1.165) is 21.6 Å². The molecule has 0 saturated heterocycles. The van der Waals surface area contributed by atoms with Crippen LogP contribution in [0.4, 0.5) is 9.59 Å². The van der Waals surface area contributed by atoms with Gasteiger partial charge in [-0.1, -0.05) is 0 Å². The second-order valence-electron chi connectivity index (χ2n) is 4.67. The Bertz CT molecular complexity index is 290. The van der Waals surface area contributed by atoms with Gasteiger partial charge >= 0.3 is 10.5 Å². The van der Waals surface area contributed by atoms with Gasteiger partial charge in [0.25, 0.3) is 0 Å². The Morgan fingerprint density at radius 3 is 0.900 bits per heavy atom. The number of carbonyl (C=O) groups excluding carboxylic acids is 2. The predicted molar refractivity (Wildman–Crippen MR) is 84.4 cm³/mol. The molecule has 0 atom stereocenters. The second kappa shape index (κ2) is 8.70. The lowest BCUT2D eigenvalue weighted by atomic mass is 11.0. The summed E-state index contributed by atoms with van der Waals surface area (Å²) in [7, 11) is 15.9. The summed E-state index contributed by atoms with van der Waals surface area (Å²) in [6.45, 7) is 0. The number of hydrogen-bond acceptors (Lipinski definition) is 8. The maximum Gasteiger partial charge on any atom is 0.322 e. The van der Waals surface area contributed by atoms with E-state index in [2.05, 4.69) is 0 Å². The summed E-state index contributed by atoms with van der Waals surface area (Å²) >= 11 is 0. The minimum absolute atomic E-state index is 0.240. The summed E-state index contributed by atoms with van der Waals surface area (Å²) in [5.41, 5.74) is 0. The zero-order valence-electron chi connectivity index (χ0n) is 13.3. The fourth-order valence-electron chi connectivity index (χ4n) is 1.51. The molecule has 0 saturated carbocycles. The van der Waals surface area contributed by atoms with Gasteiger partial charge in [0.2, 0.25) is 0 Å². The fraction of sp³-hybridized carbons (Fsp3) is 0.800. The average Bonchev–Trinajstić information content (AvgIpc) is 2.23. The Hall–Kier alpha value is -0.520. The lowest BCUT2D eigenvalue weighted by Crippen LogP contribution is -2.49. The van der Waals surface area contributed by atoms with Crippen LogP contribution in [0.1, 0.15) is 0 Å². The lowest BCUT2D eigenvalue weighted by molar-refractivity contribution is -0.0749. The van der Waals surface area contributed by atoms with Gasteiger partial charge in [-0.2, -0.15) is 10.2 Å². The first-order valence-electron chi connectivity index (χ1n) is 5.81. The minimum Gasteiger partial charge on any atom is -0.258 e. The van der Waals surface area contributed by atoms with Crippen molar-refractivity contribution in [3.63, 3.8) is 0 Å². The van der Waals surface area contributed by atoms with E-state index in [-0.39, 0.29) is 10.5 Å². The Kier molecular flexibility index (Phi) is 8.47. The van der Waals surface area contributed by atoms with Crippen LogP contribution in [-0.4, -0.2) is 97.1 Å². The Morgan fingerprint density at radius 1 is 0.550 bits per heavy atom. The third-order valence-corrected chi connectivity index (χ3v) is 3.83. The first-order chi connectivity index (χ1) is 9.09. The molecular formula is C10H24N6O2S2. The van der Waals surface area contributed by atoms with Gasteiger partial charge in [0.15, 0.2) is 0 Å². The largest absolute Gasteiger partial charge is 0.322 e. The second-order valence-corrected chi connectivity index (χ2v) is 6.70. The Morgan fingerprint density at radius 2 is 0.750 bits per heavy atom. The highest BCUT2D eigenvalue weighted by molar-refractivity contribution is 8.87. The van der Waals surface area contributed by atoms with Crippen molar-refractivity contribution in [2.45, 2.75) is 0 Å². The maximum absolute atomic E-state index is 12.1. The minimum atomic E-state index is -0.240. The van der Waals surface area contributed by atoms with Crippen LogP contribution in [0, 0.1) is 0 Å². The fourth-order valence-corrected chi connectivity index (χ4v) is 3.26. The van der Waals surface area contributed by atoms with Crippen molar-refractivity contribution in [3.05, 3.63) is 0 Å². The van der Waals surface area contributed by atoms with Crippen molar-refractivity contribution in [1.82, 2.24) is 30.3 Å². The van der Waals surface area contributed by atoms with Crippen molar-refractivity contribution >= 4 is 32.1 Å². The topological polar surface area (TPSA) is 53.6 Å². The zero-order valence-corrected chi connectivity index (χ0v) is 14.9. The molecule has 0 N–H and O–H groups in total. The molecule has 0 aliphatic rings. The number of carbonyl (C=O) groups is 2. The zero-order chi connectivity index (χ0) is 16.0. The first-order valence-corrected chi connectivity index (χ1v) is 7.96. The van der Waals surface area contributed by atoms with E-state index >= 15 is 0 Å². The van der Waals surface area contributed by atoms with Crippen LogP contribution in [0.2, 0.25) is 0 Å². The van der Waals surface area contributed by atoms with E-state index in [1.54, 1.807) is 76.4 Å². The molecule has 0 spiro atoms. The van der Waals surface area contributed by atoms with Gasteiger partial charge in [-0.05, 0) is 0 Å². The molecule has 0 rings (SSSR count). The van der Waals surface area contributed by atoms with Gasteiger partial charge in [0.05, 0.1) is 0 Å². The molecule has 0 unspecified atom stereocenters. The van der Waals surface area contributed by atoms with Gasteiger partial charge in [0.1, 0.15) is 0 Å². The van der Waals surface area contributed by atoms with Crippen LogP contribution in [0.3, 0.4) is 0 Å². The highest BCUT2D eigenvalue weighted by atomic mass is 33.1. The van der Waals surface area contributed by atoms with Crippen LogP contribution in [0.5, 0.6) is 0 Å². The van der Waals surface area contributed by atoms with Crippen molar-refractivity contribution < 1.29 is 9.59 Å². The lowest BCUT2D eigenvalue weighted by Gasteiger charge is -2.34. The summed E-state index contributed by atoms with van der Waals surface area (Å²) in [6.07, 6.45) is 0. The van der Waals surface area contributed by atoms with E-state index in [4.69, 9.17) is 0 Å². The van der Waals surface area contributed by atoms with Gasteiger partial charge in [-0.25, -0.2) is 20.0 Å². The van der Waals surface area contributed by atoms with E-state index in [1.165, 1.54) is 10.2 Å². The standard InChI is InChI=1S/C10H24N6O2S2/c1-11(2)15(12(3)4)9(17)19-20-10(18)16(13(5)6)14(7)8/h1-8H3. The Labute approximate surface area is 128 Å². The van der Waals surface area contributed by atoms with E-state index < -0.39 is 0 Å². The van der Waals surface area contributed by atoms with E-state index in [9.17, 15) is 9.59 Å². The predicted octanol–water partition coefficient (Wildman–Crippen LogP) is 1.12. The molecule has 118 valence electrons. The van der Waals surface area contributed by atoms with E-state index in [1.807, 2.05) is 0 Å². The normalized spacial score (nSPS) is 11.6. The van der Waals surface area contributed by atoms with Crippen molar-refractivity contribution in [2.24, 2.45) is 0 Å². The highest BCUT2D eigenvalue weighted by Gasteiger charge is 2.24. The third kappa shape index (κ3) is 5.85. The molecule has 2 amide bonds. The molecule has 0 aromatic heterocycles. The SMILES string of the molecule is CN(C)N(C(=O)SSC(=O)N(N(C)C)N(C)C)N(C)C. The van der Waals surface area contributed by atoms with E-state index in [0.29, 0.717) is 0 Å². The molecule has 0 aliphatic carbocycles. The summed E-state index contributed by atoms with van der Waals surface area (Å²) < 4.78 is 0. The third-order valence-electron chi connectivity index (χ3n) is 2.03. The van der Waals surface area contributed by atoms with Crippen LogP contribution < -0.4 is 0 Å². The van der Waals surface area contributed by atoms with Gasteiger partial charge in [-0.15, -0.1) is 0 Å². The molecule has 0 aromatic carbocycles. The van der Waals surface area contributed by atoms with Crippen LogP contribution in [-0.2, 0) is 0 Å². The number of rotatable bonds is 4. The molecule has 0 bridgehead atoms. The smallest absolute Gasteiger partial charge is 0.258 e. The van der Waals surface area contributed by atoms with Crippen LogP contribution in [0.15, 0.2) is 0 Å². The van der Waals surface area contributed by atoms with Gasteiger partial charge < -0.3 is 0 Å². The van der Waals surface area contributed by atoms with Crippen molar-refractivity contribution in [2.75, 3.05) is 56.4 Å². The molecule has 0 fully saturated rings. The summed E-state index contributed by atoms with van der Waals surface area (Å²) in [5, 5.41) is 8.98.